The Kier molecular flexibility index (Phi) is 1.73. The van der Waals surface area contributed by atoms with Crippen molar-refractivity contribution in [2.24, 2.45) is 0 Å². The monoisotopic (exact) mass is 121 g/mol. The van der Waals surface area contributed by atoms with Crippen LogP contribution >= 0.6 is 0 Å². The third-order valence-corrected chi connectivity index (χ3v) is 1.39. The first-order valence-corrected chi connectivity index (χ1v) is 3.07. The molecule has 1 nitrogen and oxygen atoms in total. The Morgan fingerprint density at radius 3 is 2.67 bits per heavy atom. The van der Waals surface area contributed by atoms with E-state index in [9.17, 15) is 5.11 Å². The smallest absolute Gasteiger partial charge is 0.0307 e. The van der Waals surface area contributed by atoms with Gasteiger partial charge in [-0.05, 0) is 17.6 Å². The molecule has 9 heavy (non-hydrogen) atoms. The molecule has 0 unspecified atom stereocenters. The Morgan fingerprint density at radius 2 is 2.33 bits per heavy atom. The van der Waals surface area contributed by atoms with Crippen molar-refractivity contribution in [3.05, 3.63) is 35.6 Å². The molecule has 0 radical (unpaired) electrons. The number of hydrogen-bond donors (Lipinski definition) is 0. The van der Waals surface area contributed by atoms with Gasteiger partial charge in [-0.3, -0.25) is 0 Å². The zero-order valence-electron chi connectivity index (χ0n) is 5.42. The lowest BCUT2D eigenvalue weighted by Crippen LogP contribution is -1.87. The van der Waals surface area contributed by atoms with Crippen molar-refractivity contribution in [3.8, 4) is 0 Å². The van der Waals surface area contributed by atoms with E-state index in [1.54, 1.807) is 0 Å². The molecule has 1 heteroatoms. The molecule has 0 bridgehead atoms. The molecule has 0 saturated carbocycles. The van der Waals surface area contributed by atoms with E-state index in [2.05, 4.69) is 6.92 Å². The summed E-state index contributed by atoms with van der Waals surface area (Å²) in [4.78, 5) is 0. The molecule has 0 saturated heterocycles. The molecule has 0 fully saturated rings. The Hall–Kier alpha value is -0.980. The van der Waals surface area contributed by atoms with Crippen molar-refractivity contribution in [2.75, 3.05) is 0 Å². The molecular weight excluding hydrogens is 112 g/mol. The van der Waals surface area contributed by atoms with Gasteiger partial charge in [-0.1, -0.05) is 25.2 Å². The normalized spacial score (nSPS) is 21.0. The van der Waals surface area contributed by atoms with E-state index in [-0.39, 0.29) is 0 Å². The summed E-state index contributed by atoms with van der Waals surface area (Å²) >= 11 is 0. The highest BCUT2D eigenvalue weighted by molar-refractivity contribution is 5.44. The van der Waals surface area contributed by atoms with Crippen molar-refractivity contribution in [1.82, 2.24) is 0 Å². The van der Waals surface area contributed by atoms with Crippen LogP contribution in [0.3, 0.4) is 0 Å². The van der Waals surface area contributed by atoms with Crippen molar-refractivity contribution < 1.29 is 5.11 Å². The van der Waals surface area contributed by atoms with E-state index < -0.39 is 0 Å². The van der Waals surface area contributed by atoms with Crippen LogP contribution in [0.5, 0.6) is 0 Å². The van der Waals surface area contributed by atoms with Crippen molar-refractivity contribution in [2.45, 2.75) is 13.3 Å². The molecule has 0 aromatic rings. The molecule has 1 aliphatic rings. The van der Waals surface area contributed by atoms with Crippen LogP contribution in [-0.2, 0) is 0 Å². The summed E-state index contributed by atoms with van der Waals surface area (Å²) in [7, 11) is 0. The largest absolute Gasteiger partial charge is 0.877 e. The van der Waals surface area contributed by atoms with Crippen LogP contribution in [0.15, 0.2) is 35.6 Å². The van der Waals surface area contributed by atoms with Gasteiger partial charge in [-0.15, -0.1) is 6.26 Å². The van der Waals surface area contributed by atoms with Crippen LogP contribution in [0.25, 0.3) is 0 Å². The highest BCUT2D eigenvalue weighted by Crippen LogP contribution is 2.15. The van der Waals surface area contributed by atoms with Gasteiger partial charge in [0.05, 0.1) is 0 Å². The molecule has 0 aromatic carbocycles. The number of hydrogen-bond acceptors (Lipinski definition) is 1. The average Bonchev–Trinajstić information content (AvgIpc) is 2.34. The summed E-state index contributed by atoms with van der Waals surface area (Å²) in [5, 5.41) is 10.1. The van der Waals surface area contributed by atoms with Gasteiger partial charge < -0.3 is 5.11 Å². The summed E-state index contributed by atoms with van der Waals surface area (Å²) in [5.41, 5.74) is 2.02. The molecule has 0 spiro atoms. The minimum Gasteiger partial charge on any atom is -0.877 e. The second-order valence-electron chi connectivity index (χ2n) is 2.02. The third kappa shape index (κ3) is 1.22. The fraction of sp³-hybridized carbons (Fsp3) is 0.250. The maximum Gasteiger partial charge on any atom is -0.0307 e. The third-order valence-electron chi connectivity index (χ3n) is 1.39. The minimum atomic E-state index is 0.784. The van der Waals surface area contributed by atoms with E-state index >= 15 is 0 Å². The van der Waals surface area contributed by atoms with Crippen LogP contribution in [0.2, 0.25) is 0 Å². The minimum absolute atomic E-state index is 0.784. The quantitative estimate of drug-likeness (QED) is 0.477. The van der Waals surface area contributed by atoms with Crippen molar-refractivity contribution >= 4 is 0 Å². The second kappa shape index (κ2) is 2.53. The molecular formula is C8H9O-. The van der Waals surface area contributed by atoms with Crippen LogP contribution in [0.4, 0.5) is 0 Å². The molecule has 0 atom stereocenters. The van der Waals surface area contributed by atoms with Gasteiger partial charge in [0.15, 0.2) is 0 Å². The van der Waals surface area contributed by atoms with Crippen molar-refractivity contribution in [1.29, 1.82) is 0 Å². The van der Waals surface area contributed by atoms with E-state index in [1.807, 2.05) is 18.2 Å². The Morgan fingerprint density at radius 1 is 1.56 bits per heavy atom. The average molecular weight is 121 g/mol. The van der Waals surface area contributed by atoms with Gasteiger partial charge in [0, 0.05) is 0 Å². The highest BCUT2D eigenvalue weighted by Gasteiger charge is 1.95. The molecule has 1 aliphatic carbocycles. The zero-order valence-corrected chi connectivity index (χ0v) is 5.42. The topological polar surface area (TPSA) is 23.1 Å². The van der Waals surface area contributed by atoms with Crippen molar-refractivity contribution in [3.63, 3.8) is 0 Å². The molecule has 0 aliphatic heterocycles. The summed E-state index contributed by atoms with van der Waals surface area (Å²) in [6.07, 6.45) is 7.61. The number of allylic oxidation sites excluding steroid dienone is 5. The highest BCUT2D eigenvalue weighted by atomic mass is 16.2. The first-order valence-electron chi connectivity index (χ1n) is 3.07. The lowest BCUT2D eigenvalue weighted by molar-refractivity contribution is -0.275. The van der Waals surface area contributed by atoms with Crippen LogP contribution in [0.1, 0.15) is 13.3 Å². The predicted octanol–water partition coefficient (Wildman–Crippen LogP) is 1.14. The molecule has 0 heterocycles. The molecule has 0 amide bonds. The van der Waals surface area contributed by atoms with Gasteiger partial charge in [0.1, 0.15) is 0 Å². The Bertz CT molecular complexity index is 185. The maximum atomic E-state index is 10.1. The van der Waals surface area contributed by atoms with E-state index in [1.165, 1.54) is 5.57 Å². The van der Waals surface area contributed by atoms with Gasteiger partial charge in [0.25, 0.3) is 0 Å². The van der Waals surface area contributed by atoms with Crippen LogP contribution in [0, 0.1) is 0 Å². The standard InChI is InChI=1S/C8H10O/c1-2-7-3-4-8(5-7)6-9/h3-6,9H,2H2,1H3/p-1/b8-6-. The number of rotatable bonds is 1. The molecule has 0 N–H and O–H groups in total. The first-order chi connectivity index (χ1) is 4.36. The summed E-state index contributed by atoms with van der Waals surface area (Å²) in [5.74, 6) is 0. The van der Waals surface area contributed by atoms with E-state index in [0.29, 0.717) is 0 Å². The Balaban J connectivity index is 2.74. The summed E-state index contributed by atoms with van der Waals surface area (Å²) in [6.45, 7) is 2.07. The first kappa shape index (κ1) is 6.14. The SMILES string of the molecule is CCC1=C/C(=C\[O-])C=C1. The molecule has 1 rings (SSSR count). The summed E-state index contributed by atoms with van der Waals surface area (Å²) < 4.78 is 0. The van der Waals surface area contributed by atoms with Gasteiger partial charge >= 0.3 is 0 Å². The predicted molar refractivity (Wildman–Crippen MR) is 35.6 cm³/mol. The fourth-order valence-electron chi connectivity index (χ4n) is 0.807. The lowest BCUT2D eigenvalue weighted by Gasteiger charge is -1.91. The molecule has 48 valence electrons. The maximum absolute atomic E-state index is 10.1. The zero-order chi connectivity index (χ0) is 6.69. The second-order valence-corrected chi connectivity index (χ2v) is 2.02. The van der Waals surface area contributed by atoms with Crippen LogP contribution in [-0.4, -0.2) is 0 Å². The summed E-state index contributed by atoms with van der Waals surface area (Å²) in [6, 6.07) is 0. The fourth-order valence-corrected chi connectivity index (χ4v) is 0.807. The Labute approximate surface area is 55.0 Å². The van der Waals surface area contributed by atoms with Gasteiger partial charge in [0.2, 0.25) is 0 Å². The van der Waals surface area contributed by atoms with E-state index in [4.69, 9.17) is 0 Å². The van der Waals surface area contributed by atoms with E-state index in [0.717, 1.165) is 18.3 Å². The molecule has 0 aromatic heterocycles. The lowest BCUT2D eigenvalue weighted by atomic mass is 10.2. The van der Waals surface area contributed by atoms with Gasteiger partial charge in [-0.25, -0.2) is 0 Å². The van der Waals surface area contributed by atoms with Gasteiger partial charge in [-0.2, -0.15) is 0 Å². The van der Waals surface area contributed by atoms with Crippen LogP contribution < -0.4 is 5.11 Å².